The second-order valence-electron chi connectivity index (χ2n) is 5.10. The fraction of sp³-hybridized carbons (Fsp3) is 0.800. The van der Waals surface area contributed by atoms with Crippen LogP contribution in [-0.4, -0.2) is 29.9 Å². The van der Waals surface area contributed by atoms with E-state index >= 15 is 0 Å². The van der Waals surface area contributed by atoms with Crippen LogP contribution in [-0.2, 0) is 14.3 Å². The SMILES string of the molecule is CCCCCCC(C)C(=O)CC(=S)OCCNC(C)=O. The standard InChI is InChI=1S/C15H27NO3S/c1-4-5-6-7-8-12(2)14(18)11-15(20)19-10-9-16-13(3)17/h12H,4-11H2,1-3H3,(H,16,17). The number of hydrogen-bond donors (Lipinski definition) is 1. The molecule has 116 valence electrons. The first-order valence-corrected chi connectivity index (χ1v) is 7.81. The average Bonchev–Trinajstić information content (AvgIpc) is 2.39. The molecule has 0 rings (SSSR count). The molecule has 1 atom stereocenters. The van der Waals surface area contributed by atoms with Crippen LogP contribution in [0, 0.1) is 5.92 Å². The van der Waals surface area contributed by atoms with Gasteiger partial charge in [-0.2, -0.15) is 0 Å². The lowest BCUT2D eigenvalue weighted by molar-refractivity contribution is -0.122. The Morgan fingerprint density at radius 3 is 2.55 bits per heavy atom. The molecular formula is C15H27NO3S. The Balaban J connectivity index is 3.71. The van der Waals surface area contributed by atoms with E-state index in [1.807, 2.05) is 6.92 Å². The Labute approximate surface area is 127 Å². The highest BCUT2D eigenvalue weighted by Gasteiger charge is 2.15. The van der Waals surface area contributed by atoms with Gasteiger partial charge < -0.3 is 10.1 Å². The highest BCUT2D eigenvalue weighted by atomic mass is 32.1. The molecule has 1 N–H and O–H groups in total. The first kappa shape index (κ1) is 19.0. The van der Waals surface area contributed by atoms with Crippen molar-refractivity contribution < 1.29 is 14.3 Å². The number of nitrogens with one attached hydrogen (secondary N) is 1. The van der Waals surface area contributed by atoms with Gasteiger partial charge in [-0.05, 0) is 18.6 Å². The van der Waals surface area contributed by atoms with Gasteiger partial charge in [0.2, 0.25) is 5.91 Å². The Bertz CT molecular complexity index is 318. The number of ketones is 1. The van der Waals surface area contributed by atoms with E-state index in [0.717, 1.165) is 12.8 Å². The molecule has 0 aliphatic carbocycles. The van der Waals surface area contributed by atoms with Crippen molar-refractivity contribution in [3.8, 4) is 0 Å². The molecule has 5 heteroatoms. The topological polar surface area (TPSA) is 55.4 Å². The summed E-state index contributed by atoms with van der Waals surface area (Å²) in [7, 11) is 0. The highest BCUT2D eigenvalue weighted by Crippen LogP contribution is 2.13. The van der Waals surface area contributed by atoms with Crippen LogP contribution in [0.5, 0.6) is 0 Å². The van der Waals surface area contributed by atoms with Gasteiger partial charge in [0.05, 0.1) is 13.0 Å². The molecule has 4 nitrogen and oxygen atoms in total. The Hall–Kier alpha value is -0.970. The molecule has 0 aromatic heterocycles. The molecule has 0 aromatic carbocycles. The highest BCUT2D eigenvalue weighted by molar-refractivity contribution is 7.80. The smallest absolute Gasteiger partial charge is 0.216 e. The second-order valence-corrected chi connectivity index (χ2v) is 5.55. The lowest BCUT2D eigenvalue weighted by Crippen LogP contribution is -2.26. The maximum absolute atomic E-state index is 11.9. The number of ether oxygens (including phenoxy) is 1. The normalized spacial score (nSPS) is 11.8. The Morgan fingerprint density at radius 1 is 1.25 bits per heavy atom. The summed E-state index contributed by atoms with van der Waals surface area (Å²) in [5.41, 5.74) is 0. The maximum Gasteiger partial charge on any atom is 0.216 e. The predicted octanol–water partition coefficient (Wildman–Crippen LogP) is 3.03. The van der Waals surface area contributed by atoms with Crippen LogP contribution in [0.25, 0.3) is 0 Å². The van der Waals surface area contributed by atoms with Crippen LogP contribution in [0.15, 0.2) is 0 Å². The van der Waals surface area contributed by atoms with Gasteiger partial charge in [0.25, 0.3) is 0 Å². The second kappa shape index (κ2) is 11.8. The van der Waals surface area contributed by atoms with E-state index in [1.165, 1.54) is 26.2 Å². The van der Waals surface area contributed by atoms with E-state index in [2.05, 4.69) is 12.2 Å². The molecule has 0 aromatic rings. The minimum Gasteiger partial charge on any atom is -0.485 e. The molecule has 0 aliphatic rings. The predicted molar refractivity (Wildman–Crippen MR) is 84.8 cm³/mol. The van der Waals surface area contributed by atoms with Gasteiger partial charge in [-0.1, -0.05) is 39.5 Å². The van der Waals surface area contributed by atoms with E-state index in [-0.39, 0.29) is 24.0 Å². The van der Waals surface area contributed by atoms with E-state index in [4.69, 9.17) is 17.0 Å². The van der Waals surface area contributed by atoms with Crippen molar-refractivity contribution in [1.82, 2.24) is 5.32 Å². The van der Waals surface area contributed by atoms with E-state index in [1.54, 1.807) is 0 Å². The zero-order valence-electron chi connectivity index (χ0n) is 12.9. The third kappa shape index (κ3) is 10.9. The van der Waals surface area contributed by atoms with Gasteiger partial charge in [0, 0.05) is 12.8 Å². The molecule has 0 saturated carbocycles. The molecule has 0 heterocycles. The zero-order valence-corrected chi connectivity index (χ0v) is 13.7. The summed E-state index contributed by atoms with van der Waals surface area (Å²) >= 11 is 5.03. The van der Waals surface area contributed by atoms with E-state index in [9.17, 15) is 9.59 Å². The van der Waals surface area contributed by atoms with Crippen LogP contribution in [0.2, 0.25) is 0 Å². The molecule has 0 fully saturated rings. The Kier molecular flexibility index (Phi) is 11.3. The number of Topliss-reactive ketones (excluding diaryl/α,β-unsaturated/α-hetero) is 1. The summed E-state index contributed by atoms with van der Waals surface area (Å²) in [5.74, 6) is 0.0890. The van der Waals surface area contributed by atoms with Crippen LogP contribution in [0.1, 0.15) is 59.3 Å². The number of thiocarbonyl (C=S) groups is 1. The number of carbonyl (C=O) groups excluding carboxylic acids is 2. The molecule has 0 saturated heterocycles. The zero-order chi connectivity index (χ0) is 15.4. The molecule has 1 unspecified atom stereocenters. The van der Waals surface area contributed by atoms with Crippen LogP contribution >= 0.6 is 12.2 Å². The fourth-order valence-corrected chi connectivity index (χ4v) is 2.02. The lowest BCUT2D eigenvalue weighted by Gasteiger charge is -2.11. The molecular weight excluding hydrogens is 274 g/mol. The summed E-state index contributed by atoms with van der Waals surface area (Å²) < 4.78 is 5.25. The van der Waals surface area contributed by atoms with Gasteiger partial charge in [-0.15, -0.1) is 0 Å². The van der Waals surface area contributed by atoms with E-state index < -0.39 is 0 Å². The van der Waals surface area contributed by atoms with Crippen molar-refractivity contribution in [3.05, 3.63) is 0 Å². The molecule has 1 amide bonds. The first-order chi connectivity index (χ1) is 9.47. The molecule has 0 aliphatic heterocycles. The molecule has 0 bridgehead atoms. The molecule has 0 radical (unpaired) electrons. The van der Waals surface area contributed by atoms with Gasteiger partial charge in [0.15, 0.2) is 5.05 Å². The number of rotatable bonds is 11. The fourth-order valence-electron chi connectivity index (χ4n) is 1.80. The minimum atomic E-state index is -0.101. The van der Waals surface area contributed by atoms with Crippen LogP contribution in [0.3, 0.4) is 0 Å². The van der Waals surface area contributed by atoms with Gasteiger partial charge in [-0.25, -0.2) is 0 Å². The third-order valence-corrected chi connectivity index (χ3v) is 3.36. The van der Waals surface area contributed by atoms with Gasteiger partial charge in [-0.3, -0.25) is 9.59 Å². The monoisotopic (exact) mass is 301 g/mol. The number of amides is 1. The lowest BCUT2D eigenvalue weighted by atomic mass is 9.97. The van der Waals surface area contributed by atoms with Crippen molar-refractivity contribution in [2.75, 3.05) is 13.2 Å². The number of carbonyl (C=O) groups is 2. The van der Waals surface area contributed by atoms with Crippen molar-refractivity contribution in [3.63, 3.8) is 0 Å². The van der Waals surface area contributed by atoms with Crippen LogP contribution < -0.4 is 5.32 Å². The van der Waals surface area contributed by atoms with Gasteiger partial charge in [0.1, 0.15) is 12.4 Å². The van der Waals surface area contributed by atoms with Crippen LogP contribution in [0.4, 0.5) is 0 Å². The van der Waals surface area contributed by atoms with Crippen molar-refractivity contribution in [2.24, 2.45) is 5.92 Å². The maximum atomic E-state index is 11.9. The van der Waals surface area contributed by atoms with E-state index in [0.29, 0.717) is 18.2 Å². The number of unbranched alkanes of at least 4 members (excludes halogenated alkanes) is 3. The summed E-state index contributed by atoms with van der Waals surface area (Å²) in [6, 6.07) is 0. The first-order valence-electron chi connectivity index (χ1n) is 7.40. The summed E-state index contributed by atoms with van der Waals surface area (Å²) in [5, 5.41) is 2.93. The van der Waals surface area contributed by atoms with Crippen molar-refractivity contribution in [2.45, 2.75) is 59.3 Å². The van der Waals surface area contributed by atoms with Gasteiger partial charge >= 0.3 is 0 Å². The third-order valence-electron chi connectivity index (χ3n) is 3.10. The molecule has 20 heavy (non-hydrogen) atoms. The van der Waals surface area contributed by atoms with Crippen molar-refractivity contribution >= 4 is 29.0 Å². The summed E-state index contributed by atoms with van der Waals surface area (Å²) in [6.45, 7) is 6.30. The Morgan fingerprint density at radius 2 is 1.95 bits per heavy atom. The summed E-state index contributed by atoms with van der Waals surface area (Å²) in [4.78, 5) is 22.6. The largest absolute Gasteiger partial charge is 0.485 e. The quantitative estimate of drug-likeness (QED) is 0.471. The summed E-state index contributed by atoms with van der Waals surface area (Å²) in [6.07, 6.45) is 5.83. The minimum absolute atomic E-state index is 0.0451. The average molecular weight is 301 g/mol. The number of hydrogen-bond acceptors (Lipinski definition) is 4. The van der Waals surface area contributed by atoms with Crippen molar-refractivity contribution in [1.29, 1.82) is 0 Å². The molecule has 0 spiro atoms.